The van der Waals surface area contributed by atoms with Crippen molar-refractivity contribution < 1.29 is 0 Å². The second-order valence-electron chi connectivity index (χ2n) is 2.98. The van der Waals surface area contributed by atoms with E-state index in [0.29, 0.717) is 0 Å². The van der Waals surface area contributed by atoms with Crippen LogP contribution in [-0.2, 0) is 0 Å². The lowest BCUT2D eigenvalue weighted by molar-refractivity contribution is 0.346. The van der Waals surface area contributed by atoms with E-state index in [1.807, 2.05) is 0 Å². The molecule has 1 unspecified atom stereocenters. The van der Waals surface area contributed by atoms with Crippen molar-refractivity contribution in [3.63, 3.8) is 0 Å². The SMILES string of the molecule is CC(C)C1CCN=NC1. The molecule has 0 aliphatic carbocycles. The molecule has 52 valence electrons. The van der Waals surface area contributed by atoms with Gasteiger partial charge in [0.2, 0.25) is 0 Å². The maximum atomic E-state index is 4.00. The minimum atomic E-state index is 0.782. The Morgan fingerprint density at radius 3 is 2.44 bits per heavy atom. The highest BCUT2D eigenvalue weighted by Gasteiger charge is 2.14. The molecular weight excluding hydrogens is 112 g/mol. The van der Waals surface area contributed by atoms with Crippen molar-refractivity contribution in [1.82, 2.24) is 0 Å². The van der Waals surface area contributed by atoms with Crippen molar-refractivity contribution in [2.75, 3.05) is 13.1 Å². The molecular formula is C7H14N2. The van der Waals surface area contributed by atoms with Crippen molar-refractivity contribution in [2.24, 2.45) is 22.1 Å². The average molecular weight is 126 g/mol. The van der Waals surface area contributed by atoms with Gasteiger partial charge in [-0.1, -0.05) is 13.8 Å². The minimum Gasteiger partial charge on any atom is -0.194 e. The van der Waals surface area contributed by atoms with E-state index >= 15 is 0 Å². The van der Waals surface area contributed by atoms with Crippen LogP contribution in [0.2, 0.25) is 0 Å². The molecule has 0 spiro atoms. The highest BCUT2D eigenvalue weighted by molar-refractivity contribution is 4.68. The van der Waals surface area contributed by atoms with Gasteiger partial charge in [-0.05, 0) is 18.3 Å². The number of hydrogen-bond donors (Lipinski definition) is 0. The Hall–Kier alpha value is -0.400. The summed E-state index contributed by atoms with van der Waals surface area (Å²) in [7, 11) is 0. The largest absolute Gasteiger partial charge is 0.194 e. The zero-order valence-corrected chi connectivity index (χ0v) is 6.17. The zero-order valence-electron chi connectivity index (χ0n) is 6.17. The van der Waals surface area contributed by atoms with Crippen LogP contribution in [0.3, 0.4) is 0 Å². The molecule has 0 aromatic carbocycles. The minimum absolute atomic E-state index is 0.782. The predicted octanol–water partition coefficient (Wildman–Crippen LogP) is 2.11. The van der Waals surface area contributed by atoms with Crippen LogP contribution in [0.15, 0.2) is 10.2 Å². The Balaban J connectivity index is 2.35. The third kappa shape index (κ3) is 1.77. The number of rotatable bonds is 1. The first kappa shape index (κ1) is 6.72. The van der Waals surface area contributed by atoms with Gasteiger partial charge in [0.1, 0.15) is 0 Å². The summed E-state index contributed by atoms with van der Waals surface area (Å²) in [5.74, 6) is 1.58. The topological polar surface area (TPSA) is 24.7 Å². The molecule has 1 aliphatic heterocycles. The Morgan fingerprint density at radius 2 is 2.11 bits per heavy atom. The molecule has 0 saturated carbocycles. The summed E-state index contributed by atoms with van der Waals surface area (Å²) < 4.78 is 0. The molecule has 0 amide bonds. The van der Waals surface area contributed by atoms with Gasteiger partial charge in [0.05, 0.1) is 13.1 Å². The lowest BCUT2D eigenvalue weighted by atomic mass is 9.92. The van der Waals surface area contributed by atoms with Crippen molar-refractivity contribution >= 4 is 0 Å². The van der Waals surface area contributed by atoms with Crippen molar-refractivity contribution in [3.8, 4) is 0 Å². The fraction of sp³-hybridized carbons (Fsp3) is 1.00. The third-order valence-corrected chi connectivity index (χ3v) is 1.96. The molecule has 1 rings (SSSR count). The predicted molar refractivity (Wildman–Crippen MR) is 37.5 cm³/mol. The van der Waals surface area contributed by atoms with E-state index in [0.717, 1.165) is 24.9 Å². The van der Waals surface area contributed by atoms with Crippen LogP contribution in [0.1, 0.15) is 20.3 Å². The van der Waals surface area contributed by atoms with E-state index in [2.05, 4.69) is 24.1 Å². The number of azo groups is 1. The normalized spacial score (nSPS) is 27.2. The second kappa shape index (κ2) is 2.95. The standard InChI is InChI=1S/C7H14N2/c1-6(2)7-3-4-8-9-5-7/h6-7H,3-5H2,1-2H3. The first-order valence-electron chi connectivity index (χ1n) is 3.64. The van der Waals surface area contributed by atoms with Crippen molar-refractivity contribution in [2.45, 2.75) is 20.3 Å². The summed E-state index contributed by atoms with van der Waals surface area (Å²) in [6.45, 7) is 6.41. The Bertz CT molecular complexity index is 107. The lowest BCUT2D eigenvalue weighted by Crippen LogP contribution is -2.16. The van der Waals surface area contributed by atoms with Crippen molar-refractivity contribution in [1.29, 1.82) is 0 Å². The second-order valence-corrected chi connectivity index (χ2v) is 2.98. The summed E-state index contributed by atoms with van der Waals surface area (Å²) in [6.07, 6.45) is 1.24. The van der Waals surface area contributed by atoms with Crippen LogP contribution < -0.4 is 0 Å². The van der Waals surface area contributed by atoms with Crippen LogP contribution in [0.4, 0.5) is 0 Å². The van der Waals surface area contributed by atoms with Gasteiger partial charge in [-0.2, -0.15) is 10.2 Å². The smallest absolute Gasteiger partial charge is 0.0630 e. The van der Waals surface area contributed by atoms with E-state index in [9.17, 15) is 0 Å². The van der Waals surface area contributed by atoms with E-state index in [1.165, 1.54) is 6.42 Å². The zero-order chi connectivity index (χ0) is 6.69. The lowest BCUT2D eigenvalue weighted by Gasteiger charge is -2.19. The maximum Gasteiger partial charge on any atom is 0.0630 e. The number of nitrogens with zero attached hydrogens (tertiary/aromatic N) is 2. The summed E-state index contributed by atoms with van der Waals surface area (Å²) in [5.41, 5.74) is 0. The van der Waals surface area contributed by atoms with Gasteiger partial charge in [0.25, 0.3) is 0 Å². The molecule has 0 bridgehead atoms. The third-order valence-electron chi connectivity index (χ3n) is 1.96. The van der Waals surface area contributed by atoms with Crippen molar-refractivity contribution in [3.05, 3.63) is 0 Å². The van der Waals surface area contributed by atoms with Crippen LogP contribution >= 0.6 is 0 Å². The average Bonchev–Trinajstić information content (AvgIpc) is 1.90. The van der Waals surface area contributed by atoms with Crippen LogP contribution in [0, 0.1) is 11.8 Å². The molecule has 1 atom stereocenters. The molecule has 0 fully saturated rings. The molecule has 2 heteroatoms. The molecule has 2 nitrogen and oxygen atoms in total. The Morgan fingerprint density at radius 1 is 1.33 bits per heavy atom. The van der Waals surface area contributed by atoms with Gasteiger partial charge in [-0.15, -0.1) is 0 Å². The molecule has 1 aliphatic rings. The van der Waals surface area contributed by atoms with Crippen LogP contribution in [-0.4, -0.2) is 13.1 Å². The van der Waals surface area contributed by atoms with Crippen LogP contribution in [0.25, 0.3) is 0 Å². The van der Waals surface area contributed by atoms with E-state index in [1.54, 1.807) is 0 Å². The molecule has 0 saturated heterocycles. The summed E-state index contributed by atoms with van der Waals surface area (Å²) in [6, 6.07) is 0. The molecule has 0 N–H and O–H groups in total. The summed E-state index contributed by atoms with van der Waals surface area (Å²) in [5, 5.41) is 7.94. The Labute approximate surface area is 56.4 Å². The van der Waals surface area contributed by atoms with Gasteiger partial charge in [-0.3, -0.25) is 0 Å². The van der Waals surface area contributed by atoms with Crippen LogP contribution in [0.5, 0.6) is 0 Å². The Kier molecular flexibility index (Phi) is 2.20. The monoisotopic (exact) mass is 126 g/mol. The quantitative estimate of drug-likeness (QED) is 0.514. The van der Waals surface area contributed by atoms with Gasteiger partial charge in [-0.25, -0.2) is 0 Å². The highest BCUT2D eigenvalue weighted by Crippen LogP contribution is 2.18. The molecule has 9 heavy (non-hydrogen) atoms. The molecule has 0 radical (unpaired) electrons. The van der Waals surface area contributed by atoms with Gasteiger partial charge in [0.15, 0.2) is 0 Å². The van der Waals surface area contributed by atoms with Gasteiger partial charge >= 0.3 is 0 Å². The fourth-order valence-electron chi connectivity index (χ4n) is 1.09. The molecule has 1 heterocycles. The first-order valence-corrected chi connectivity index (χ1v) is 3.64. The highest BCUT2D eigenvalue weighted by atomic mass is 15.1. The molecule has 0 aromatic heterocycles. The van der Waals surface area contributed by atoms with E-state index < -0.39 is 0 Å². The maximum absolute atomic E-state index is 4.00. The van der Waals surface area contributed by atoms with E-state index in [4.69, 9.17) is 0 Å². The first-order chi connectivity index (χ1) is 4.30. The van der Waals surface area contributed by atoms with E-state index in [-0.39, 0.29) is 0 Å². The number of hydrogen-bond acceptors (Lipinski definition) is 2. The summed E-state index contributed by atoms with van der Waals surface area (Å²) >= 11 is 0. The van der Waals surface area contributed by atoms with Gasteiger partial charge < -0.3 is 0 Å². The molecule has 0 aromatic rings. The fourth-order valence-corrected chi connectivity index (χ4v) is 1.09. The summed E-state index contributed by atoms with van der Waals surface area (Å²) in [4.78, 5) is 0. The van der Waals surface area contributed by atoms with Gasteiger partial charge in [0, 0.05) is 0 Å².